The maximum atomic E-state index is 13.0. The molecule has 0 aliphatic rings. The quantitative estimate of drug-likeness (QED) is 0.610. The van der Waals surface area contributed by atoms with Crippen molar-refractivity contribution in [3.8, 4) is 0 Å². The van der Waals surface area contributed by atoms with Gasteiger partial charge in [-0.1, -0.05) is 11.6 Å². The number of hydrogen-bond donors (Lipinski definition) is 3. The van der Waals surface area contributed by atoms with E-state index in [1.54, 1.807) is 6.07 Å². The average molecular weight is 383 g/mol. The highest BCUT2D eigenvalue weighted by molar-refractivity contribution is 5.89. The van der Waals surface area contributed by atoms with Gasteiger partial charge in [0.05, 0.1) is 6.54 Å². The summed E-state index contributed by atoms with van der Waals surface area (Å²) in [7, 11) is 0. The summed E-state index contributed by atoms with van der Waals surface area (Å²) in [6.45, 7) is 2.25. The Bertz CT molecular complexity index is 1030. The number of aryl methyl sites for hydroxylation is 1. The molecule has 146 valence electrons. The lowest BCUT2D eigenvalue weighted by atomic mass is 10.1. The summed E-state index contributed by atoms with van der Waals surface area (Å²) in [5.41, 5.74) is 2.43. The zero-order valence-corrected chi connectivity index (χ0v) is 15.5. The van der Waals surface area contributed by atoms with E-state index in [0.29, 0.717) is 17.7 Å². The first-order valence-corrected chi connectivity index (χ1v) is 9.01. The number of H-pyrrole nitrogens is 1. The minimum absolute atomic E-state index is 0.0758. The largest absolute Gasteiger partial charge is 0.396 e. The highest BCUT2D eigenvalue weighted by atomic mass is 19.1. The maximum absolute atomic E-state index is 13.0. The summed E-state index contributed by atoms with van der Waals surface area (Å²) < 4.78 is 13.0. The molecular formula is C21H22FN3O3. The molecule has 0 bridgehead atoms. The number of fused-ring (bicyclic) bond motifs is 1. The van der Waals surface area contributed by atoms with Crippen LogP contribution in [0.25, 0.3) is 10.9 Å². The number of carbonyl (C=O) groups excluding carboxylic acids is 1. The lowest BCUT2D eigenvalue weighted by Gasteiger charge is -2.23. The van der Waals surface area contributed by atoms with E-state index in [1.165, 1.54) is 29.2 Å². The monoisotopic (exact) mass is 383 g/mol. The number of amides is 2. The van der Waals surface area contributed by atoms with Gasteiger partial charge in [-0.05, 0) is 61.2 Å². The predicted octanol–water partition coefficient (Wildman–Crippen LogP) is 3.39. The minimum Gasteiger partial charge on any atom is -0.396 e. The third-order valence-corrected chi connectivity index (χ3v) is 4.41. The minimum atomic E-state index is -0.427. The Hall–Kier alpha value is -3.19. The molecule has 6 nitrogen and oxygen atoms in total. The van der Waals surface area contributed by atoms with Gasteiger partial charge in [0.1, 0.15) is 5.82 Å². The first-order valence-electron chi connectivity index (χ1n) is 9.01. The summed E-state index contributed by atoms with van der Waals surface area (Å²) in [6, 6.07) is 12.5. The van der Waals surface area contributed by atoms with Crippen molar-refractivity contribution in [3.63, 3.8) is 0 Å². The first-order chi connectivity index (χ1) is 13.5. The molecule has 0 saturated carbocycles. The number of urea groups is 1. The van der Waals surface area contributed by atoms with E-state index < -0.39 is 11.8 Å². The van der Waals surface area contributed by atoms with Crippen LogP contribution in [0.3, 0.4) is 0 Å². The van der Waals surface area contributed by atoms with E-state index in [2.05, 4.69) is 10.3 Å². The molecule has 0 atom stereocenters. The van der Waals surface area contributed by atoms with Crippen molar-refractivity contribution in [2.45, 2.75) is 19.9 Å². The molecule has 28 heavy (non-hydrogen) atoms. The Balaban J connectivity index is 1.84. The van der Waals surface area contributed by atoms with Crippen LogP contribution in [-0.2, 0) is 6.54 Å². The summed E-state index contributed by atoms with van der Waals surface area (Å²) in [4.78, 5) is 29.4. The number of nitrogens with zero attached hydrogens (tertiary/aromatic N) is 1. The lowest BCUT2D eigenvalue weighted by Crippen LogP contribution is -2.37. The van der Waals surface area contributed by atoms with Crippen LogP contribution in [0.1, 0.15) is 17.5 Å². The normalized spacial score (nSPS) is 10.8. The van der Waals surface area contributed by atoms with Gasteiger partial charge >= 0.3 is 6.03 Å². The molecule has 0 saturated heterocycles. The van der Waals surface area contributed by atoms with Gasteiger partial charge in [0, 0.05) is 29.9 Å². The van der Waals surface area contributed by atoms with Crippen LogP contribution in [0, 0.1) is 12.7 Å². The molecule has 2 aromatic carbocycles. The fraction of sp³-hybridized carbons (Fsp3) is 0.238. The Morgan fingerprint density at radius 1 is 1.18 bits per heavy atom. The number of halogens is 1. The predicted molar refractivity (Wildman–Crippen MR) is 107 cm³/mol. The van der Waals surface area contributed by atoms with Gasteiger partial charge in [-0.3, -0.25) is 4.79 Å². The second-order valence-electron chi connectivity index (χ2n) is 6.65. The second kappa shape index (κ2) is 8.67. The van der Waals surface area contributed by atoms with Crippen molar-refractivity contribution in [3.05, 3.63) is 75.8 Å². The Morgan fingerprint density at radius 2 is 1.93 bits per heavy atom. The van der Waals surface area contributed by atoms with Crippen molar-refractivity contribution in [1.29, 1.82) is 0 Å². The van der Waals surface area contributed by atoms with Crippen LogP contribution in [0.2, 0.25) is 0 Å². The van der Waals surface area contributed by atoms with Crippen molar-refractivity contribution in [1.82, 2.24) is 9.88 Å². The fourth-order valence-electron chi connectivity index (χ4n) is 2.94. The van der Waals surface area contributed by atoms with Crippen molar-refractivity contribution >= 4 is 22.6 Å². The van der Waals surface area contributed by atoms with E-state index >= 15 is 0 Å². The Kier molecular flexibility index (Phi) is 6.06. The van der Waals surface area contributed by atoms with E-state index in [1.807, 2.05) is 25.1 Å². The van der Waals surface area contributed by atoms with Crippen molar-refractivity contribution in [2.24, 2.45) is 0 Å². The van der Waals surface area contributed by atoms with Gasteiger partial charge in [-0.15, -0.1) is 0 Å². The summed E-state index contributed by atoms with van der Waals surface area (Å²) >= 11 is 0. The number of nitrogens with one attached hydrogen (secondary N) is 2. The number of hydrogen-bond acceptors (Lipinski definition) is 3. The molecule has 0 aliphatic carbocycles. The SMILES string of the molecule is Cc1ccc2[nH]c(=O)c(CN(CCCO)C(=O)Nc3ccc(F)cc3)cc2c1. The first kappa shape index (κ1) is 19.6. The number of anilines is 1. The number of aromatic nitrogens is 1. The number of pyridine rings is 1. The lowest BCUT2D eigenvalue weighted by molar-refractivity contribution is 0.199. The number of benzene rings is 2. The van der Waals surface area contributed by atoms with Gasteiger partial charge in [0.25, 0.3) is 5.56 Å². The number of rotatable bonds is 6. The third-order valence-electron chi connectivity index (χ3n) is 4.41. The van der Waals surface area contributed by atoms with Crippen molar-refractivity contribution in [2.75, 3.05) is 18.5 Å². The molecule has 3 rings (SSSR count). The number of aliphatic hydroxyl groups is 1. The maximum Gasteiger partial charge on any atom is 0.322 e. The van der Waals surface area contributed by atoms with E-state index in [0.717, 1.165) is 16.5 Å². The molecule has 3 N–H and O–H groups in total. The molecule has 2 amide bonds. The fourth-order valence-corrected chi connectivity index (χ4v) is 2.94. The number of carbonyl (C=O) groups is 1. The molecule has 0 unspecified atom stereocenters. The topological polar surface area (TPSA) is 85.4 Å². The molecule has 0 spiro atoms. The van der Waals surface area contributed by atoms with Crippen molar-refractivity contribution < 1.29 is 14.3 Å². The van der Waals surface area contributed by atoms with Gasteiger partial charge < -0.3 is 20.3 Å². The molecule has 0 radical (unpaired) electrons. The van der Waals surface area contributed by atoms with Crippen LogP contribution < -0.4 is 10.9 Å². The smallest absolute Gasteiger partial charge is 0.322 e. The molecule has 0 fully saturated rings. The van der Waals surface area contributed by atoms with Crippen LogP contribution in [0.15, 0.2) is 53.3 Å². The van der Waals surface area contributed by atoms with Crippen LogP contribution in [0.5, 0.6) is 0 Å². The third kappa shape index (κ3) is 4.75. The zero-order chi connectivity index (χ0) is 20.1. The highest BCUT2D eigenvalue weighted by Gasteiger charge is 2.16. The van der Waals surface area contributed by atoms with Gasteiger partial charge in [0.15, 0.2) is 0 Å². The molecule has 7 heteroatoms. The van der Waals surface area contributed by atoms with Crippen LogP contribution >= 0.6 is 0 Å². The van der Waals surface area contributed by atoms with Gasteiger partial charge in [0.2, 0.25) is 0 Å². The molecule has 1 aromatic heterocycles. The Morgan fingerprint density at radius 3 is 2.64 bits per heavy atom. The number of aliphatic hydroxyl groups excluding tert-OH is 1. The molecular weight excluding hydrogens is 361 g/mol. The summed E-state index contributed by atoms with van der Waals surface area (Å²) in [5.74, 6) is -0.395. The van der Waals surface area contributed by atoms with E-state index in [4.69, 9.17) is 5.11 Å². The van der Waals surface area contributed by atoms with Gasteiger partial charge in [-0.25, -0.2) is 9.18 Å². The summed E-state index contributed by atoms with van der Waals surface area (Å²) in [6.07, 6.45) is 0.376. The van der Waals surface area contributed by atoms with Crippen LogP contribution in [0.4, 0.5) is 14.9 Å². The number of aromatic amines is 1. The Labute approximate surface area is 161 Å². The van der Waals surface area contributed by atoms with Crippen LogP contribution in [-0.4, -0.2) is 34.2 Å². The molecule has 3 aromatic rings. The average Bonchev–Trinajstić information content (AvgIpc) is 2.67. The van der Waals surface area contributed by atoms with Gasteiger partial charge in [-0.2, -0.15) is 0 Å². The molecule has 0 aliphatic heterocycles. The standard InChI is InChI=1S/C21H22FN3O3/c1-14-3-8-19-15(11-14)12-16(20(27)24-19)13-25(9-2-10-26)21(28)23-18-6-4-17(22)5-7-18/h3-8,11-12,26H,2,9-10,13H2,1H3,(H,23,28)(H,24,27). The zero-order valence-electron chi connectivity index (χ0n) is 15.5. The highest BCUT2D eigenvalue weighted by Crippen LogP contribution is 2.15. The summed E-state index contributed by atoms with van der Waals surface area (Å²) in [5, 5.41) is 12.7. The van der Waals surface area contributed by atoms with E-state index in [-0.39, 0.29) is 25.3 Å². The molecule has 1 heterocycles. The van der Waals surface area contributed by atoms with E-state index in [9.17, 15) is 14.0 Å². The second-order valence-corrected chi connectivity index (χ2v) is 6.65.